The third-order valence-electron chi connectivity index (χ3n) is 4.14. The van der Waals surface area contributed by atoms with E-state index < -0.39 is 0 Å². The van der Waals surface area contributed by atoms with E-state index in [1.165, 1.54) is 0 Å². The molecule has 1 aliphatic rings. The van der Waals surface area contributed by atoms with Gasteiger partial charge in [0.2, 0.25) is 5.91 Å². The number of aryl methyl sites for hydroxylation is 1. The molecule has 1 aromatic heterocycles. The number of amides is 3. The van der Waals surface area contributed by atoms with Gasteiger partial charge in [-0.1, -0.05) is 19.4 Å². The maximum Gasteiger partial charge on any atom is 0.323 e. The summed E-state index contributed by atoms with van der Waals surface area (Å²) in [4.78, 5) is 30.0. The van der Waals surface area contributed by atoms with E-state index in [0.29, 0.717) is 25.3 Å². The molecule has 0 radical (unpaired) electrons. The summed E-state index contributed by atoms with van der Waals surface area (Å²) in [6.07, 6.45) is 5.81. The molecule has 6 nitrogen and oxygen atoms in total. The van der Waals surface area contributed by atoms with Crippen LogP contribution >= 0.6 is 0 Å². The van der Waals surface area contributed by atoms with E-state index >= 15 is 0 Å². The number of likely N-dealkylation sites (tertiary alicyclic amines) is 1. The molecule has 2 N–H and O–H groups in total. The Morgan fingerprint density at radius 3 is 2.74 bits per heavy atom. The molecule has 0 atom stereocenters. The average molecular weight is 318 g/mol. The molecule has 1 saturated heterocycles. The molecule has 2 heterocycles. The number of carbonyl (C=O) groups excluding carboxylic acids is 2. The van der Waals surface area contributed by atoms with Gasteiger partial charge in [-0.05, 0) is 37.8 Å². The Morgan fingerprint density at radius 2 is 2.09 bits per heavy atom. The van der Waals surface area contributed by atoms with Crippen molar-refractivity contribution < 1.29 is 9.59 Å². The topological polar surface area (TPSA) is 74.3 Å². The summed E-state index contributed by atoms with van der Waals surface area (Å²) in [5.41, 5.74) is 0.943. The van der Waals surface area contributed by atoms with Crippen molar-refractivity contribution in [1.29, 1.82) is 0 Å². The second kappa shape index (κ2) is 8.50. The highest BCUT2D eigenvalue weighted by Gasteiger charge is 2.24. The minimum absolute atomic E-state index is 0.123. The van der Waals surface area contributed by atoms with Crippen LogP contribution in [0.15, 0.2) is 18.3 Å². The molecule has 126 valence electrons. The van der Waals surface area contributed by atoms with E-state index in [9.17, 15) is 9.59 Å². The summed E-state index contributed by atoms with van der Waals surface area (Å²) >= 11 is 0. The fraction of sp³-hybridized carbons (Fsp3) is 0.588. The first-order chi connectivity index (χ1) is 11.1. The van der Waals surface area contributed by atoms with E-state index in [1.54, 1.807) is 11.1 Å². The quantitative estimate of drug-likeness (QED) is 0.876. The lowest BCUT2D eigenvalue weighted by Crippen LogP contribution is -2.47. The molecule has 0 unspecified atom stereocenters. The second-order valence-electron chi connectivity index (χ2n) is 6.03. The van der Waals surface area contributed by atoms with E-state index in [2.05, 4.69) is 22.5 Å². The molecule has 1 fully saturated rings. The molecule has 0 bridgehead atoms. The van der Waals surface area contributed by atoms with Gasteiger partial charge in [0.15, 0.2) is 0 Å². The predicted molar refractivity (Wildman–Crippen MR) is 90.3 cm³/mol. The van der Waals surface area contributed by atoms with Crippen LogP contribution in [0, 0.1) is 6.92 Å². The van der Waals surface area contributed by atoms with E-state index in [1.807, 2.05) is 19.1 Å². The monoisotopic (exact) mass is 318 g/mol. The lowest BCUT2D eigenvalue weighted by atomic mass is 10.0. The van der Waals surface area contributed by atoms with E-state index in [4.69, 9.17) is 0 Å². The zero-order chi connectivity index (χ0) is 16.7. The summed E-state index contributed by atoms with van der Waals surface area (Å²) in [5.74, 6) is 0.728. The van der Waals surface area contributed by atoms with Crippen molar-refractivity contribution >= 4 is 17.8 Å². The van der Waals surface area contributed by atoms with Gasteiger partial charge in [0, 0.05) is 31.7 Å². The molecule has 1 aliphatic heterocycles. The predicted octanol–water partition coefficient (Wildman–Crippen LogP) is 2.69. The number of anilines is 1. The molecule has 2 rings (SSSR count). The highest BCUT2D eigenvalue weighted by molar-refractivity contribution is 5.89. The zero-order valence-corrected chi connectivity index (χ0v) is 14.0. The fourth-order valence-corrected chi connectivity index (χ4v) is 2.66. The number of pyridine rings is 1. The summed E-state index contributed by atoms with van der Waals surface area (Å²) < 4.78 is 0. The van der Waals surface area contributed by atoms with Gasteiger partial charge in [0.05, 0.1) is 0 Å². The van der Waals surface area contributed by atoms with Crippen molar-refractivity contribution in [1.82, 2.24) is 15.2 Å². The van der Waals surface area contributed by atoms with Crippen LogP contribution < -0.4 is 10.6 Å². The Labute approximate surface area is 137 Å². The van der Waals surface area contributed by atoms with Crippen molar-refractivity contribution in [2.75, 3.05) is 18.4 Å². The van der Waals surface area contributed by atoms with Gasteiger partial charge in [-0.2, -0.15) is 0 Å². The second-order valence-corrected chi connectivity index (χ2v) is 6.03. The molecule has 3 amide bonds. The van der Waals surface area contributed by atoms with Crippen molar-refractivity contribution in [3.05, 3.63) is 23.9 Å². The Balaban J connectivity index is 1.76. The lowest BCUT2D eigenvalue weighted by molar-refractivity contribution is -0.122. The number of nitrogens with one attached hydrogen (secondary N) is 2. The maximum atomic E-state index is 12.3. The fourth-order valence-electron chi connectivity index (χ4n) is 2.66. The molecular weight excluding hydrogens is 292 g/mol. The molecule has 23 heavy (non-hydrogen) atoms. The van der Waals surface area contributed by atoms with Gasteiger partial charge < -0.3 is 10.2 Å². The number of aromatic nitrogens is 1. The van der Waals surface area contributed by atoms with Crippen LogP contribution in [0.1, 0.15) is 44.6 Å². The highest BCUT2D eigenvalue weighted by Crippen LogP contribution is 2.14. The molecule has 0 aromatic carbocycles. The minimum Gasteiger partial charge on any atom is -0.353 e. The molecule has 0 saturated carbocycles. The van der Waals surface area contributed by atoms with Crippen molar-refractivity contribution in [3.8, 4) is 0 Å². The molecular formula is C17H26N4O2. The third kappa shape index (κ3) is 5.23. The zero-order valence-electron chi connectivity index (χ0n) is 14.0. The summed E-state index contributed by atoms with van der Waals surface area (Å²) in [7, 11) is 0. The Morgan fingerprint density at radius 1 is 1.35 bits per heavy atom. The Hall–Kier alpha value is -2.11. The summed E-state index contributed by atoms with van der Waals surface area (Å²) in [6.45, 7) is 5.29. The molecule has 0 spiro atoms. The standard InChI is InChI=1S/C17H26N4O2/c1-3-4-7-15(22)19-14-8-11-21(12-9-14)17(23)20-16-13(2)6-5-10-18-16/h5-6,10,14H,3-4,7-9,11-12H2,1-2H3,(H,19,22)(H,18,20,23). The van der Waals surface area contributed by atoms with Crippen LogP contribution in [0.25, 0.3) is 0 Å². The SMILES string of the molecule is CCCCC(=O)NC1CCN(C(=O)Nc2ncccc2C)CC1. The van der Waals surface area contributed by atoms with Crippen LogP contribution in [0.5, 0.6) is 0 Å². The number of hydrogen-bond donors (Lipinski definition) is 2. The van der Waals surface area contributed by atoms with Crippen LogP contribution in [0.2, 0.25) is 0 Å². The van der Waals surface area contributed by atoms with Gasteiger partial charge in [-0.25, -0.2) is 9.78 Å². The number of rotatable bonds is 5. The van der Waals surface area contributed by atoms with Gasteiger partial charge in [-0.15, -0.1) is 0 Å². The van der Waals surface area contributed by atoms with Gasteiger partial charge in [0.25, 0.3) is 0 Å². The number of nitrogens with zero attached hydrogens (tertiary/aromatic N) is 2. The largest absolute Gasteiger partial charge is 0.353 e. The van der Waals surface area contributed by atoms with Gasteiger partial charge >= 0.3 is 6.03 Å². The molecule has 6 heteroatoms. The van der Waals surface area contributed by atoms with Gasteiger partial charge in [-0.3, -0.25) is 10.1 Å². The van der Waals surface area contributed by atoms with Crippen molar-refractivity contribution in [2.45, 2.75) is 52.0 Å². The Bertz CT molecular complexity index is 539. The first-order valence-corrected chi connectivity index (χ1v) is 8.37. The first kappa shape index (κ1) is 17.2. The highest BCUT2D eigenvalue weighted by atomic mass is 16.2. The van der Waals surface area contributed by atoms with E-state index in [0.717, 1.165) is 31.2 Å². The normalized spacial score (nSPS) is 15.3. The third-order valence-corrected chi connectivity index (χ3v) is 4.14. The molecule has 0 aliphatic carbocycles. The van der Waals surface area contributed by atoms with Gasteiger partial charge in [0.1, 0.15) is 5.82 Å². The Kier molecular flexibility index (Phi) is 6.38. The van der Waals surface area contributed by atoms with Crippen molar-refractivity contribution in [3.63, 3.8) is 0 Å². The van der Waals surface area contributed by atoms with E-state index in [-0.39, 0.29) is 18.0 Å². The number of unbranched alkanes of at least 4 members (excludes halogenated alkanes) is 1. The smallest absolute Gasteiger partial charge is 0.323 e. The minimum atomic E-state index is -0.123. The van der Waals surface area contributed by atoms with Crippen LogP contribution in [0.4, 0.5) is 10.6 Å². The number of urea groups is 1. The maximum absolute atomic E-state index is 12.3. The lowest BCUT2D eigenvalue weighted by Gasteiger charge is -2.32. The van der Waals surface area contributed by atoms with Crippen LogP contribution in [-0.4, -0.2) is 41.0 Å². The van der Waals surface area contributed by atoms with Crippen LogP contribution in [0.3, 0.4) is 0 Å². The first-order valence-electron chi connectivity index (χ1n) is 8.37. The average Bonchev–Trinajstić information content (AvgIpc) is 2.55. The van der Waals surface area contributed by atoms with Crippen molar-refractivity contribution in [2.24, 2.45) is 0 Å². The summed E-state index contributed by atoms with van der Waals surface area (Å²) in [6, 6.07) is 3.82. The van der Waals surface area contributed by atoms with Crippen LogP contribution in [-0.2, 0) is 4.79 Å². The molecule has 1 aromatic rings. The number of carbonyl (C=O) groups is 2. The number of hydrogen-bond acceptors (Lipinski definition) is 3. The summed E-state index contributed by atoms with van der Waals surface area (Å²) in [5, 5.41) is 5.91. The number of piperidine rings is 1.